The fourth-order valence-electron chi connectivity index (χ4n) is 2.66. The lowest BCUT2D eigenvalue weighted by atomic mass is 9.77. The lowest BCUT2D eigenvalue weighted by Gasteiger charge is -2.28. The number of hydrogen-bond acceptors (Lipinski definition) is 1. The van der Waals surface area contributed by atoms with E-state index < -0.39 is 0 Å². The summed E-state index contributed by atoms with van der Waals surface area (Å²) >= 11 is 6.15. The van der Waals surface area contributed by atoms with Crippen molar-refractivity contribution in [1.29, 1.82) is 0 Å². The molecular formula is C14H19ClO. The predicted molar refractivity (Wildman–Crippen MR) is 68.5 cm³/mol. The van der Waals surface area contributed by atoms with Crippen molar-refractivity contribution in [1.82, 2.24) is 0 Å². The Morgan fingerprint density at radius 2 is 2.00 bits per heavy atom. The van der Waals surface area contributed by atoms with Crippen LogP contribution in [0.2, 0.25) is 5.02 Å². The average molecular weight is 239 g/mol. The zero-order chi connectivity index (χ0) is 11.9. The minimum atomic E-state index is 0.310. The molecule has 0 aliphatic heterocycles. The summed E-state index contributed by atoms with van der Waals surface area (Å²) in [6, 6.07) is 4.20. The highest BCUT2D eigenvalue weighted by Crippen LogP contribution is 2.47. The Morgan fingerprint density at radius 3 is 2.56 bits per heavy atom. The van der Waals surface area contributed by atoms with E-state index in [1.807, 2.05) is 0 Å². The van der Waals surface area contributed by atoms with Crippen LogP contribution < -0.4 is 4.74 Å². The van der Waals surface area contributed by atoms with Gasteiger partial charge in [0, 0.05) is 0 Å². The Morgan fingerprint density at radius 1 is 1.31 bits per heavy atom. The first-order chi connectivity index (χ1) is 7.43. The number of ether oxygens (including phenoxy) is 1. The van der Waals surface area contributed by atoms with Gasteiger partial charge in [-0.3, -0.25) is 0 Å². The summed E-state index contributed by atoms with van der Waals surface area (Å²) in [5.74, 6) is 1.42. The molecule has 16 heavy (non-hydrogen) atoms. The van der Waals surface area contributed by atoms with Crippen LogP contribution >= 0.6 is 11.6 Å². The molecule has 0 radical (unpaired) electrons. The topological polar surface area (TPSA) is 9.23 Å². The third kappa shape index (κ3) is 1.93. The molecule has 1 nitrogen and oxygen atoms in total. The summed E-state index contributed by atoms with van der Waals surface area (Å²) in [6.07, 6.45) is 2.36. The van der Waals surface area contributed by atoms with E-state index in [2.05, 4.69) is 32.9 Å². The van der Waals surface area contributed by atoms with Crippen molar-refractivity contribution in [2.24, 2.45) is 5.41 Å². The van der Waals surface area contributed by atoms with Crippen molar-refractivity contribution in [2.75, 3.05) is 7.11 Å². The fourth-order valence-corrected chi connectivity index (χ4v) is 2.93. The first-order valence-electron chi connectivity index (χ1n) is 5.80. The van der Waals surface area contributed by atoms with Crippen molar-refractivity contribution >= 4 is 11.6 Å². The molecule has 1 atom stereocenters. The third-order valence-electron chi connectivity index (χ3n) is 3.54. The van der Waals surface area contributed by atoms with Gasteiger partial charge in [0.15, 0.2) is 0 Å². The number of methoxy groups -OCH3 is 1. The van der Waals surface area contributed by atoms with Crippen LogP contribution in [0.25, 0.3) is 0 Å². The SMILES string of the molecule is COc1cc2c(cc1Cl)CCC2C(C)(C)C. The first-order valence-corrected chi connectivity index (χ1v) is 6.17. The average Bonchev–Trinajstić information content (AvgIpc) is 2.58. The van der Waals surface area contributed by atoms with Gasteiger partial charge < -0.3 is 4.74 Å². The van der Waals surface area contributed by atoms with E-state index in [9.17, 15) is 0 Å². The zero-order valence-electron chi connectivity index (χ0n) is 10.4. The van der Waals surface area contributed by atoms with Gasteiger partial charge in [-0.25, -0.2) is 0 Å². The fraction of sp³-hybridized carbons (Fsp3) is 0.571. The van der Waals surface area contributed by atoms with E-state index in [4.69, 9.17) is 16.3 Å². The molecule has 0 amide bonds. The highest BCUT2D eigenvalue weighted by Gasteiger charge is 2.32. The van der Waals surface area contributed by atoms with Gasteiger partial charge in [-0.2, -0.15) is 0 Å². The van der Waals surface area contributed by atoms with Gasteiger partial charge in [-0.15, -0.1) is 0 Å². The summed E-state index contributed by atoms with van der Waals surface area (Å²) in [6.45, 7) is 6.90. The van der Waals surface area contributed by atoms with Crippen molar-refractivity contribution in [3.8, 4) is 5.75 Å². The molecule has 1 unspecified atom stereocenters. The molecule has 0 saturated heterocycles. The van der Waals surface area contributed by atoms with E-state index in [1.165, 1.54) is 17.5 Å². The van der Waals surface area contributed by atoms with Crippen molar-refractivity contribution < 1.29 is 4.74 Å². The number of hydrogen-bond donors (Lipinski definition) is 0. The van der Waals surface area contributed by atoms with Crippen molar-refractivity contribution in [2.45, 2.75) is 39.5 Å². The second kappa shape index (κ2) is 3.96. The van der Waals surface area contributed by atoms with Gasteiger partial charge in [-0.05, 0) is 47.4 Å². The van der Waals surface area contributed by atoms with Crippen LogP contribution in [-0.4, -0.2) is 7.11 Å². The molecule has 1 aromatic carbocycles. The molecule has 0 spiro atoms. The van der Waals surface area contributed by atoms with Crippen molar-refractivity contribution in [3.63, 3.8) is 0 Å². The molecule has 88 valence electrons. The molecule has 0 N–H and O–H groups in total. The number of aryl methyl sites for hydroxylation is 1. The number of halogens is 1. The minimum absolute atomic E-state index is 0.310. The smallest absolute Gasteiger partial charge is 0.137 e. The summed E-state index contributed by atoms with van der Waals surface area (Å²) < 4.78 is 5.30. The molecule has 0 fully saturated rings. The predicted octanol–water partition coefficient (Wildman–Crippen LogP) is 4.42. The molecule has 1 aliphatic rings. The molecular weight excluding hydrogens is 220 g/mol. The van der Waals surface area contributed by atoms with Gasteiger partial charge >= 0.3 is 0 Å². The molecule has 1 aromatic rings. The monoisotopic (exact) mass is 238 g/mol. The molecule has 0 heterocycles. The molecule has 2 rings (SSSR count). The van der Waals surface area contributed by atoms with Gasteiger partial charge in [0.1, 0.15) is 5.75 Å². The summed E-state index contributed by atoms with van der Waals surface area (Å²) in [4.78, 5) is 0. The van der Waals surface area contributed by atoms with Crippen LogP contribution in [0, 0.1) is 5.41 Å². The van der Waals surface area contributed by atoms with E-state index in [0.29, 0.717) is 11.3 Å². The quantitative estimate of drug-likeness (QED) is 0.704. The largest absolute Gasteiger partial charge is 0.495 e. The Labute approximate surface area is 103 Å². The van der Waals surface area contributed by atoms with E-state index in [1.54, 1.807) is 7.11 Å². The van der Waals surface area contributed by atoms with Crippen LogP contribution in [0.5, 0.6) is 5.75 Å². The maximum absolute atomic E-state index is 6.15. The maximum Gasteiger partial charge on any atom is 0.137 e. The third-order valence-corrected chi connectivity index (χ3v) is 3.83. The Kier molecular flexibility index (Phi) is 2.91. The second-order valence-corrected chi connectivity index (χ2v) is 6.05. The molecule has 2 heteroatoms. The van der Waals surface area contributed by atoms with Gasteiger partial charge in [-0.1, -0.05) is 32.4 Å². The standard InChI is InChI=1S/C14H19ClO/c1-14(2,3)11-6-5-9-7-12(15)13(16-4)8-10(9)11/h7-8,11H,5-6H2,1-4H3. The van der Waals surface area contributed by atoms with Crippen molar-refractivity contribution in [3.05, 3.63) is 28.3 Å². The summed E-state index contributed by atoms with van der Waals surface area (Å²) in [5.41, 5.74) is 3.13. The maximum atomic E-state index is 6.15. The zero-order valence-corrected chi connectivity index (χ0v) is 11.2. The Bertz CT molecular complexity index is 404. The summed E-state index contributed by atoms with van der Waals surface area (Å²) in [7, 11) is 1.68. The normalized spacial score (nSPS) is 19.7. The molecule has 0 bridgehead atoms. The Balaban J connectivity index is 2.47. The summed E-state index contributed by atoms with van der Waals surface area (Å²) in [5, 5.41) is 0.732. The van der Waals surface area contributed by atoms with Gasteiger partial charge in [0.2, 0.25) is 0 Å². The van der Waals surface area contributed by atoms with Crippen LogP contribution in [0.15, 0.2) is 12.1 Å². The second-order valence-electron chi connectivity index (χ2n) is 5.64. The molecule has 1 aliphatic carbocycles. The lowest BCUT2D eigenvalue weighted by molar-refractivity contribution is 0.318. The van der Waals surface area contributed by atoms with E-state index in [-0.39, 0.29) is 0 Å². The molecule has 0 saturated carbocycles. The van der Waals surface area contributed by atoms with Crippen LogP contribution in [0.3, 0.4) is 0 Å². The van der Waals surface area contributed by atoms with E-state index >= 15 is 0 Å². The van der Waals surface area contributed by atoms with Crippen LogP contribution in [-0.2, 0) is 6.42 Å². The highest BCUT2D eigenvalue weighted by molar-refractivity contribution is 6.32. The number of rotatable bonds is 1. The number of fused-ring (bicyclic) bond motifs is 1. The highest BCUT2D eigenvalue weighted by atomic mass is 35.5. The first kappa shape index (κ1) is 11.8. The van der Waals surface area contributed by atoms with Gasteiger partial charge in [0.25, 0.3) is 0 Å². The van der Waals surface area contributed by atoms with E-state index in [0.717, 1.165) is 17.2 Å². The van der Waals surface area contributed by atoms with Crippen LogP contribution in [0.4, 0.5) is 0 Å². The minimum Gasteiger partial charge on any atom is -0.495 e. The van der Waals surface area contributed by atoms with Gasteiger partial charge in [0.05, 0.1) is 12.1 Å². The molecule has 0 aromatic heterocycles. The Hall–Kier alpha value is -0.690. The van der Waals surface area contributed by atoms with Crippen LogP contribution in [0.1, 0.15) is 44.2 Å². The lowest BCUT2D eigenvalue weighted by Crippen LogP contribution is -2.15. The number of benzene rings is 1.